The van der Waals surface area contributed by atoms with Gasteiger partial charge in [-0.05, 0) is 30.5 Å². The van der Waals surface area contributed by atoms with Gasteiger partial charge in [0.05, 0.1) is 0 Å². The van der Waals surface area contributed by atoms with E-state index in [1.54, 1.807) is 17.0 Å². The standard InChI is InChI=1S/C16H19ClN2O2/c1-12-3-2-10-19(12)16(21)9-8-15(20)18-11-13-4-6-14(17)7-5-13/h4-7H,1-3,8-11H2,(H,18,20). The highest BCUT2D eigenvalue weighted by Gasteiger charge is 2.21. The molecule has 0 unspecified atom stereocenters. The summed E-state index contributed by atoms with van der Waals surface area (Å²) in [6, 6.07) is 7.29. The zero-order valence-corrected chi connectivity index (χ0v) is 12.7. The minimum atomic E-state index is -0.122. The van der Waals surface area contributed by atoms with Crippen LogP contribution in [0.4, 0.5) is 0 Å². The van der Waals surface area contributed by atoms with Gasteiger partial charge >= 0.3 is 0 Å². The number of nitrogens with zero attached hydrogens (tertiary/aromatic N) is 1. The lowest BCUT2D eigenvalue weighted by Gasteiger charge is -2.16. The van der Waals surface area contributed by atoms with Crippen LogP contribution in [-0.4, -0.2) is 23.3 Å². The lowest BCUT2D eigenvalue weighted by Crippen LogP contribution is -2.29. The Morgan fingerprint density at radius 3 is 2.57 bits per heavy atom. The fraction of sp³-hybridized carbons (Fsp3) is 0.375. The summed E-state index contributed by atoms with van der Waals surface area (Å²) in [5.41, 5.74) is 1.84. The predicted octanol–water partition coefficient (Wildman–Crippen LogP) is 2.87. The molecule has 0 saturated carbocycles. The van der Waals surface area contributed by atoms with Crippen LogP contribution in [0.25, 0.3) is 0 Å². The van der Waals surface area contributed by atoms with Gasteiger partial charge in [-0.1, -0.05) is 30.3 Å². The Labute approximate surface area is 129 Å². The Morgan fingerprint density at radius 2 is 1.95 bits per heavy atom. The van der Waals surface area contributed by atoms with E-state index in [1.165, 1.54) is 0 Å². The highest BCUT2D eigenvalue weighted by atomic mass is 35.5. The van der Waals surface area contributed by atoms with Crippen LogP contribution in [0.3, 0.4) is 0 Å². The van der Waals surface area contributed by atoms with Crippen molar-refractivity contribution in [1.29, 1.82) is 0 Å². The molecule has 112 valence electrons. The number of allylic oxidation sites excluding steroid dienone is 1. The molecule has 1 aromatic carbocycles. The van der Waals surface area contributed by atoms with E-state index in [0.29, 0.717) is 11.6 Å². The number of rotatable bonds is 5. The quantitative estimate of drug-likeness (QED) is 0.909. The van der Waals surface area contributed by atoms with Gasteiger partial charge in [-0.15, -0.1) is 0 Å². The Hall–Kier alpha value is -1.81. The molecule has 0 radical (unpaired) electrons. The molecule has 1 aliphatic rings. The third-order valence-corrected chi connectivity index (χ3v) is 3.75. The SMILES string of the molecule is C=C1CCCN1C(=O)CCC(=O)NCc1ccc(Cl)cc1. The van der Waals surface area contributed by atoms with Crippen LogP contribution >= 0.6 is 11.6 Å². The number of hydrogen-bond donors (Lipinski definition) is 1. The minimum Gasteiger partial charge on any atom is -0.352 e. The van der Waals surface area contributed by atoms with Crippen molar-refractivity contribution in [2.75, 3.05) is 6.54 Å². The number of amides is 2. The Kier molecular flexibility index (Phi) is 5.39. The van der Waals surface area contributed by atoms with Crippen LogP contribution in [0.1, 0.15) is 31.2 Å². The summed E-state index contributed by atoms with van der Waals surface area (Å²) in [5.74, 6) is -0.137. The molecule has 1 saturated heterocycles. The number of carbonyl (C=O) groups excluding carboxylic acids is 2. The number of carbonyl (C=O) groups is 2. The summed E-state index contributed by atoms with van der Waals surface area (Å²) in [6.07, 6.45) is 2.27. The number of benzene rings is 1. The molecule has 21 heavy (non-hydrogen) atoms. The van der Waals surface area contributed by atoms with Crippen molar-refractivity contribution in [3.8, 4) is 0 Å². The Morgan fingerprint density at radius 1 is 1.24 bits per heavy atom. The molecular weight excluding hydrogens is 288 g/mol. The highest BCUT2D eigenvalue weighted by Crippen LogP contribution is 2.20. The second kappa shape index (κ2) is 7.27. The maximum absolute atomic E-state index is 11.9. The van der Waals surface area contributed by atoms with Crippen molar-refractivity contribution in [2.24, 2.45) is 0 Å². The molecule has 1 N–H and O–H groups in total. The average molecular weight is 307 g/mol. The molecular formula is C16H19ClN2O2. The van der Waals surface area contributed by atoms with Gasteiger partial charge in [0.15, 0.2) is 0 Å². The first-order valence-electron chi connectivity index (χ1n) is 7.05. The molecule has 0 atom stereocenters. The van der Waals surface area contributed by atoms with Crippen LogP contribution in [-0.2, 0) is 16.1 Å². The number of hydrogen-bond acceptors (Lipinski definition) is 2. The highest BCUT2D eigenvalue weighted by molar-refractivity contribution is 6.30. The summed E-state index contributed by atoms with van der Waals surface area (Å²) >= 11 is 5.80. The van der Waals surface area contributed by atoms with E-state index in [0.717, 1.165) is 30.6 Å². The summed E-state index contributed by atoms with van der Waals surface area (Å²) < 4.78 is 0. The zero-order chi connectivity index (χ0) is 15.2. The van der Waals surface area contributed by atoms with E-state index in [4.69, 9.17) is 11.6 Å². The van der Waals surface area contributed by atoms with Crippen LogP contribution < -0.4 is 5.32 Å². The van der Waals surface area contributed by atoms with Crippen molar-refractivity contribution in [2.45, 2.75) is 32.2 Å². The topological polar surface area (TPSA) is 49.4 Å². The van der Waals surface area contributed by atoms with Crippen molar-refractivity contribution >= 4 is 23.4 Å². The molecule has 0 aromatic heterocycles. The van der Waals surface area contributed by atoms with Gasteiger partial charge in [-0.25, -0.2) is 0 Å². The Balaban J connectivity index is 1.71. The van der Waals surface area contributed by atoms with Crippen molar-refractivity contribution < 1.29 is 9.59 Å². The normalized spacial score (nSPS) is 14.3. The molecule has 0 aliphatic carbocycles. The summed E-state index contributed by atoms with van der Waals surface area (Å²) in [6.45, 7) is 5.03. The second-order valence-corrected chi connectivity index (χ2v) is 5.55. The first kappa shape index (κ1) is 15.6. The van der Waals surface area contributed by atoms with Gasteiger partial charge in [0.2, 0.25) is 11.8 Å². The predicted molar refractivity (Wildman–Crippen MR) is 82.6 cm³/mol. The summed E-state index contributed by atoms with van der Waals surface area (Å²) in [5, 5.41) is 3.47. The fourth-order valence-electron chi connectivity index (χ4n) is 2.28. The largest absolute Gasteiger partial charge is 0.352 e. The maximum atomic E-state index is 11.9. The van der Waals surface area contributed by atoms with Crippen molar-refractivity contribution in [3.63, 3.8) is 0 Å². The second-order valence-electron chi connectivity index (χ2n) is 5.12. The van der Waals surface area contributed by atoms with E-state index in [9.17, 15) is 9.59 Å². The third-order valence-electron chi connectivity index (χ3n) is 3.50. The van der Waals surface area contributed by atoms with Gasteiger partial charge in [0.25, 0.3) is 0 Å². The van der Waals surface area contributed by atoms with Crippen LogP contribution in [0.5, 0.6) is 0 Å². The lowest BCUT2D eigenvalue weighted by molar-refractivity contribution is -0.131. The van der Waals surface area contributed by atoms with Gasteiger partial charge in [-0.2, -0.15) is 0 Å². The number of likely N-dealkylation sites (tertiary alicyclic amines) is 1. The fourth-order valence-corrected chi connectivity index (χ4v) is 2.41. The van der Waals surface area contributed by atoms with Gasteiger partial charge < -0.3 is 10.2 Å². The molecule has 2 rings (SSSR count). The first-order chi connectivity index (χ1) is 10.1. The molecule has 0 spiro atoms. The molecule has 1 aromatic rings. The van der Waals surface area contributed by atoms with Gasteiger partial charge in [0, 0.05) is 36.7 Å². The van der Waals surface area contributed by atoms with Crippen LogP contribution in [0.15, 0.2) is 36.5 Å². The average Bonchev–Trinajstić information content (AvgIpc) is 2.90. The smallest absolute Gasteiger partial charge is 0.227 e. The van der Waals surface area contributed by atoms with E-state index < -0.39 is 0 Å². The molecule has 4 nitrogen and oxygen atoms in total. The van der Waals surface area contributed by atoms with E-state index in [-0.39, 0.29) is 24.7 Å². The van der Waals surface area contributed by atoms with Crippen LogP contribution in [0.2, 0.25) is 5.02 Å². The lowest BCUT2D eigenvalue weighted by atomic mass is 10.2. The summed E-state index contributed by atoms with van der Waals surface area (Å²) in [4.78, 5) is 25.4. The van der Waals surface area contributed by atoms with E-state index >= 15 is 0 Å². The number of halogens is 1. The van der Waals surface area contributed by atoms with Gasteiger partial charge in [-0.3, -0.25) is 9.59 Å². The third kappa shape index (κ3) is 4.60. The molecule has 0 bridgehead atoms. The molecule has 5 heteroatoms. The van der Waals surface area contributed by atoms with Crippen molar-refractivity contribution in [3.05, 3.63) is 47.1 Å². The Bertz CT molecular complexity index is 540. The van der Waals surface area contributed by atoms with Crippen LogP contribution in [0, 0.1) is 0 Å². The molecule has 1 heterocycles. The van der Waals surface area contributed by atoms with Crippen molar-refractivity contribution in [1.82, 2.24) is 10.2 Å². The minimum absolute atomic E-state index is 0.0147. The zero-order valence-electron chi connectivity index (χ0n) is 11.9. The molecule has 1 fully saturated rings. The molecule has 2 amide bonds. The maximum Gasteiger partial charge on any atom is 0.227 e. The first-order valence-corrected chi connectivity index (χ1v) is 7.43. The van der Waals surface area contributed by atoms with E-state index in [2.05, 4.69) is 11.9 Å². The molecule has 1 aliphatic heterocycles. The summed E-state index contributed by atoms with van der Waals surface area (Å²) in [7, 11) is 0. The number of nitrogens with one attached hydrogen (secondary N) is 1. The van der Waals surface area contributed by atoms with Gasteiger partial charge in [0.1, 0.15) is 0 Å². The van der Waals surface area contributed by atoms with E-state index in [1.807, 2.05) is 12.1 Å². The monoisotopic (exact) mass is 306 g/mol.